The lowest BCUT2D eigenvalue weighted by atomic mass is 10.0. The monoisotopic (exact) mass is 442 g/mol. The van der Waals surface area contributed by atoms with Gasteiger partial charge < -0.3 is 19.8 Å². The quantitative estimate of drug-likeness (QED) is 0.466. The summed E-state index contributed by atoms with van der Waals surface area (Å²) in [5.41, 5.74) is 5.31. The molecule has 1 aliphatic rings. The number of hydrogen-bond acceptors (Lipinski definition) is 4. The smallest absolute Gasteiger partial charge is 0.253 e. The number of para-hydroxylation sites is 1. The average Bonchev–Trinajstić information content (AvgIpc) is 3.46. The molecule has 2 aromatic heterocycles. The summed E-state index contributed by atoms with van der Waals surface area (Å²) in [6.07, 6.45) is 4.22. The molecule has 168 valence electrons. The Hall–Kier alpha value is -4.00. The summed E-state index contributed by atoms with van der Waals surface area (Å²) >= 11 is 0. The predicted molar refractivity (Wildman–Crippen MR) is 126 cm³/mol. The lowest BCUT2D eigenvalue weighted by Gasteiger charge is -2.19. The van der Waals surface area contributed by atoms with Crippen LogP contribution in [0.15, 0.2) is 67.0 Å². The maximum atomic E-state index is 13.1. The summed E-state index contributed by atoms with van der Waals surface area (Å²) in [7, 11) is 0. The first-order valence-electron chi connectivity index (χ1n) is 11.1. The minimum Gasteiger partial charge on any atom is -0.486 e. The lowest BCUT2D eigenvalue weighted by Crippen LogP contribution is -2.34. The van der Waals surface area contributed by atoms with Crippen molar-refractivity contribution in [1.82, 2.24) is 20.1 Å². The van der Waals surface area contributed by atoms with E-state index in [1.54, 1.807) is 6.20 Å². The number of rotatable bonds is 6. The van der Waals surface area contributed by atoms with Gasteiger partial charge in [0.1, 0.15) is 13.2 Å². The van der Waals surface area contributed by atoms with Crippen LogP contribution < -0.4 is 14.8 Å². The van der Waals surface area contributed by atoms with Gasteiger partial charge in [0.15, 0.2) is 11.5 Å². The molecule has 5 rings (SSSR count). The average molecular weight is 443 g/mol. The Morgan fingerprint density at radius 3 is 2.70 bits per heavy atom. The van der Waals surface area contributed by atoms with Crippen molar-refractivity contribution in [3.63, 3.8) is 0 Å². The van der Waals surface area contributed by atoms with Crippen molar-refractivity contribution in [2.24, 2.45) is 0 Å². The van der Waals surface area contributed by atoms with Crippen LogP contribution in [0.2, 0.25) is 0 Å². The maximum Gasteiger partial charge on any atom is 0.253 e. The van der Waals surface area contributed by atoms with Crippen LogP contribution in [-0.2, 0) is 6.42 Å². The van der Waals surface area contributed by atoms with E-state index in [9.17, 15) is 4.79 Å². The van der Waals surface area contributed by atoms with E-state index in [-0.39, 0.29) is 11.9 Å². The van der Waals surface area contributed by atoms with Gasteiger partial charge in [-0.2, -0.15) is 5.10 Å². The number of hydrogen-bond donors (Lipinski definition) is 2. The summed E-state index contributed by atoms with van der Waals surface area (Å²) in [5.74, 6) is 1.30. The van der Waals surface area contributed by atoms with E-state index in [2.05, 4.69) is 21.5 Å². The van der Waals surface area contributed by atoms with Crippen molar-refractivity contribution in [2.45, 2.75) is 26.3 Å². The Balaban J connectivity index is 1.32. The third kappa shape index (κ3) is 4.35. The Morgan fingerprint density at radius 1 is 1.09 bits per heavy atom. The van der Waals surface area contributed by atoms with Gasteiger partial charge in [-0.1, -0.05) is 24.3 Å². The number of nitrogens with zero attached hydrogens (tertiary/aromatic N) is 2. The minimum atomic E-state index is -0.129. The van der Waals surface area contributed by atoms with Gasteiger partial charge in [0.05, 0.1) is 16.9 Å². The molecule has 2 N–H and O–H groups in total. The summed E-state index contributed by atoms with van der Waals surface area (Å²) in [6, 6.07) is 17.7. The second kappa shape index (κ2) is 8.86. The molecule has 1 amide bonds. The zero-order valence-electron chi connectivity index (χ0n) is 18.7. The standard InChI is InChI=1S/C26H26N4O3/c1-17(12-21-13-18(2)29-30(21)20-6-4-3-5-7-20)28-26(31)23-16-27-15-22(23)19-8-9-24-25(14-19)33-11-10-32-24/h3-9,13-17,27H,10-12H2,1-2H3,(H,28,31). The predicted octanol–water partition coefficient (Wildman–Crippen LogP) is 4.31. The molecule has 0 bridgehead atoms. The van der Waals surface area contributed by atoms with Crippen LogP contribution >= 0.6 is 0 Å². The first-order valence-corrected chi connectivity index (χ1v) is 11.1. The first-order chi connectivity index (χ1) is 16.1. The van der Waals surface area contributed by atoms with Gasteiger partial charge in [-0.25, -0.2) is 4.68 Å². The molecule has 1 unspecified atom stereocenters. The molecule has 0 aliphatic carbocycles. The molecule has 1 aliphatic heterocycles. The number of fused-ring (bicyclic) bond motifs is 1. The largest absolute Gasteiger partial charge is 0.486 e. The molecule has 1 atom stereocenters. The summed E-state index contributed by atoms with van der Waals surface area (Å²) in [4.78, 5) is 16.2. The third-order valence-corrected chi connectivity index (χ3v) is 5.64. The Morgan fingerprint density at radius 2 is 1.88 bits per heavy atom. The van der Waals surface area contributed by atoms with Crippen molar-refractivity contribution in [3.05, 3.63) is 83.9 Å². The summed E-state index contributed by atoms with van der Waals surface area (Å²) < 4.78 is 13.2. The van der Waals surface area contributed by atoms with Crippen molar-refractivity contribution < 1.29 is 14.3 Å². The Kier molecular flexibility index (Phi) is 5.60. The topological polar surface area (TPSA) is 81.2 Å². The van der Waals surface area contributed by atoms with Crippen molar-refractivity contribution in [2.75, 3.05) is 13.2 Å². The van der Waals surface area contributed by atoms with E-state index in [0.29, 0.717) is 30.9 Å². The van der Waals surface area contributed by atoms with Crippen LogP contribution in [0.1, 0.15) is 28.7 Å². The number of ether oxygens (including phenoxy) is 2. The number of H-pyrrole nitrogens is 1. The Bertz CT molecular complexity index is 1280. The molecule has 0 radical (unpaired) electrons. The lowest BCUT2D eigenvalue weighted by molar-refractivity contribution is 0.0940. The van der Waals surface area contributed by atoms with E-state index >= 15 is 0 Å². The highest BCUT2D eigenvalue weighted by Gasteiger charge is 2.20. The minimum absolute atomic E-state index is 0.0842. The van der Waals surface area contributed by atoms with Crippen LogP contribution in [0.4, 0.5) is 0 Å². The number of aromatic amines is 1. The number of benzene rings is 2. The molecule has 2 aromatic carbocycles. The Labute approximate surface area is 192 Å². The van der Waals surface area contributed by atoms with Gasteiger partial charge in [0.2, 0.25) is 0 Å². The van der Waals surface area contributed by atoms with Crippen molar-refractivity contribution in [1.29, 1.82) is 0 Å². The zero-order chi connectivity index (χ0) is 22.8. The van der Waals surface area contributed by atoms with E-state index in [1.165, 1.54) is 0 Å². The first kappa shape index (κ1) is 20.9. The molecule has 0 spiro atoms. The fourth-order valence-electron chi connectivity index (χ4n) is 4.16. The molecule has 0 saturated carbocycles. The van der Waals surface area contributed by atoms with Gasteiger partial charge in [-0.15, -0.1) is 0 Å². The number of aryl methyl sites for hydroxylation is 1. The number of carbonyl (C=O) groups excluding carboxylic acids is 1. The third-order valence-electron chi connectivity index (χ3n) is 5.64. The van der Waals surface area contributed by atoms with Crippen LogP contribution in [0.5, 0.6) is 11.5 Å². The van der Waals surface area contributed by atoms with Gasteiger partial charge in [-0.05, 0) is 49.7 Å². The summed E-state index contributed by atoms with van der Waals surface area (Å²) in [6.45, 7) is 5.05. The van der Waals surface area contributed by atoms with E-state index < -0.39 is 0 Å². The van der Waals surface area contributed by atoms with Crippen LogP contribution in [0, 0.1) is 6.92 Å². The molecule has 4 aromatic rings. The van der Waals surface area contributed by atoms with E-state index in [4.69, 9.17) is 9.47 Å². The highest BCUT2D eigenvalue weighted by atomic mass is 16.6. The van der Waals surface area contributed by atoms with Gasteiger partial charge in [0.25, 0.3) is 5.91 Å². The summed E-state index contributed by atoms with van der Waals surface area (Å²) in [5, 5.41) is 7.76. The van der Waals surface area contributed by atoms with Crippen LogP contribution in [-0.4, -0.2) is 39.9 Å². The fourth-order valence-corrected chi connectivity index (χ4v) is 4.16. The van der Waals surface area contributed by atoms with E-state index in [0.717, 1.165) is 34.0 Å². The highest BCUT2D eigenvalue weighted by molar-refractivity contribution is 6.01. The van der Waals surface area contributed by atoms with Crippen molar-refractivity contribution >= 4 is 5.91 Å². The molecule has 7 nitrogen and oxygen atoms in total. The molecule has 0 fully saturated rings. The normalized spacial score (nSPS) is 13.5. The molecule has 7 heteroatoms. The maximum absolute atomic E-state index is 13.1. The van der Waals surface area contributed by atoms with Gasteiger partial charge in [0, 0.05) is 36.1 Å². The number of aromatic nitrogens is 3. The van der Waals surface area contributed by atoms with Gasteiger partial charge in [-0.3, -0.25) is 4.79 Å². The second-order valence-electron chi connectivity index (χ2n) is 8.24. The van der Waals surface area contributed by atoms with Gasteiger partial charge >= 0.3 is 0 Å². The number of nitrogens with one attached hydrogen (secondary N) is 2. The fraction of sp³-hybridized carbons (Fsp3) is 0.231. The molecular formula is C26H26N4O3. The van der Waals surface area contributed by atoms with Crippen LogP contribution in [0.25, 0.3) is 16.8 Å². The molecule has 33 heavy (non-hydrogen) atoms. The number of carbonyl (C=O) groups is 1. The van der Waals surface area contributed by atoms with Crippen molar-refractivity contribution in [3.8, 4) is 28.3 Å². The zero-order valence-corrected chi connectivity index (χ0v) is 18.7. The van der Waals surface area contributed by atoms with E-state index in [1.807, 2.05) is 73.3 Å². The number of amides is 1. The molecule has 0 saturated heterocycles. The SMILES string of the molecule is Cc1cc(CC(C)NC(=O)c2c[nH]cc2-c2ccc3c(c2)OCCO3)n(-c2ccccc2)n1. The highest BCUT2D eigenvalue weighted by Crippen LogP contribution is 2.35. The molecular weight excluding hydrogens is 416 g/mol. The second-order valence-corrected chi connectivity index (χ2v) is 8.24. The van der Waals surface area contributed by atoms with Crippen LogP contribution in [0.3, 0.4) is 0 Å². The molecule has 3 heterocycles.